The number of aromatic nitrogens is 1. The Bertz CT molecular complexity index is 1680. The predicted octanol–water partition coefficient (Wildman–Crippen LogP) is 6.07. The summed E-state index contributed by atoms with van der Waals surface area (Å²) in [6, 6.07) is 19.2. The molecular formula is C31H25F3N4O6. The molecule has 0 aliphatic carbocycles. The molecule has 0 saturated heterocycles. The number of carbonyl (C=O) groups is 3. The Hall–Kier alpha value is -5.59. The van der Waals surface area contributed by atoms with E-state index in [9.17, 15) is 37.7 Å². The maximum absolute atomic E-state index is 13.3. The minimum atomic E-state index is -4.52. The molecule has 1 aromatic heterocycles. The largest absolute Gasteiger partial charge is 0.459 e. The third-order valence-electron chi connectivity index (χ3n) is 6.43. The first kappa shape index (κ1) is 31.3. The minimum Gasteiger partial charge on any atom is -0.459 e. The quantitative estimate of drug-likeness (QED) is 0.106. The molecule has 4 aromatic rings. The van der Waals surface area contributed by atoms with Crippen LogP contribution < -0.4 is 10.2 Å². The number of hydrogen-bond donors (Lipinski definition) is 1. The molecule has 10 nitrogen and oxygen atoms in total. The Morgan fingerprint density at radius 1 is 0.977 bits per heavy atom. The third-order valence-corrected chi connectivity index (χ3v) is 6.43. The highest BCUT2D eigenvalue weighted by Crippen LogP contribution is 2.34. The van der Waals surface area contributed by atoms with Crippen LogP contribution >= 0.6 is 0 Å². The average molecular weight is 607 g/mol. The molecule has 44 heavy (non-hydrogen) atoms. The zero-order valence-corrected chi connectivity index (χ0v) is 23.2. The van der Waals surface area contributed by atoms with Crippen LogP contribution in [0.25, 0.3) is 11.1 Å². The van der Waals surface area contributed by atoms with Gasteiger partial charge >= 0.3 is 18.1 Å². The van der Waals surface area contributed by atoms with Crippen molar-refractivity contribution >= 4 is 34.8 Å². The number of benzene rings is 3. The van der Waals surface area contributed by atoms with Crippen LogP contribution in [0.5, 0.6) is 0 Å². The summed E-state index contributed by atoms with van der Waals surface area (Å²) in [6.45, 7) is 1.29. The Balaban J connectivity index is 1.64. The van der Waals surface area contributed by atoms with E-state index in [4.69, 9.17) is 4.74 Å². The summed E-state index contributed by atoms with van der Waals surface area (Å²) < 4.78 is 43.9. The monoisotopic (exact) mass is 606 g/mol. The van der Waals surface area contributed by atoms with Crippen LogP contribution in [0.15, 0.2) is 91.1 Å². The van der Waals surface area contributed by atoms with Gasteiger partial charge in [-0.1, -0.05) is 36.4 Å². The van der Waals surface area contributed by atoms with E-state index < -0.39 is 40.1 Å². The molecule has 3 aromatic carbocycles. The van der Waals surface area contributed by atoms with E-state index in [1.54, 1.807) is 42.6 Å². The third kappa shape index (κ3) is 7.43. The lowest BCUT2D eigenvalue weighted by atomic mass is 9.98. The van der Waals surface area contributed by atoms with Crippen molar-refractivity contribution in [1.82, 2.24) is 4.98 Å². The number of anilines is 2. The van der Waals surface area contributed by atoms with E-state index in [-0.39, 0.29) is 36.5 Å². The molecule has 226 valence electrons. The van der Waals surface area contributed by atoms with Crippen LogP contribution in [-0.4, -0.2) is 40.8 Å². The van der Waals surface area contributed by atoms with Gasteiger partial charge in [-0.3, -0.25) is 29.6 Å². The molecule has 0 spiro atoms. The van der Waals surface area contributed by atoms with Gasteiger partial charge in [-0.2, -0.15) is 13.2 Å². The SMILES string of the molecule is CCOC(=O)C(=O)N(CCc1ccccn1)c1ccc(NC(=O)c2ccccc2-c2ccc(C(F)(F)F)cc2)cc1[N+](=O)[O-]. The fourth-order valence-electron chi connectivity index (χ4n) is 4.35. The highest BCUT2D eigenvalue weighted by molar-refractivity contribution is 6.38. The van der Waals surface area contributed by atoms with Gasteiger partial charge in [-0.15, -0.1) is 0 Å². The Morgan fingerprint density at radius 3 is 2.32 bits per heavy atom. The second-order valence-corrected chi connectivity index (χ2v) is 9.28. The first-order valence-corrected chi connectivity index (χ1v) is 13.2. The number of halogens is 3. The molecule has 1 N–H and O–H groups in total. The second kappa shape index (κ2) is 13.6. The minimum absolute atomic E-state index is 0.000863. The molecule has 0 radical (unpaired) electrons. The highest BCUT2D eigenvalue weighted by atomic mass is 19.4. The highest BCUT2D eigenvalue weighted by Gasteiger charge is 2.31. The second-order valence-electron chi connectivity index (χ2n) is 9.28. The lowest BCUT2D eigenvalue weighted by molar-refractivity contribution is -0.384. The van der Waals surface area contributed by atoms with Crippen molar-refractivity contribution in [1.29, 1.82) is 0 Å². The summed E-state index contributed by atoms with van der Waals surface area (Å²) in [5, 5.41) is 14.7. The van der Waals surface area contributed by atoms with Gasteiger partial charge in [0.25, 0.3) is 11.6 Å². The number of esters is 1. The summed E-state index contributed by atoms with van der Waals surface area (Å²) in [5.74, 6) is -3.00. The van der Waals surface area contributed by atoms with E-state index in [1.165, 1.54) is 37.3 Å². The van der Waals surface area contributed by atoms with E-state index >= 15 is 0 Å². The topological polar surface area (TPSA) is 132 Å². The molecule has 4 rings (SSSR count). The standard InChI is InChI=1S/C31H25F3N4O6/c1-2-44-30(41)29(40)37(18-16-22-7-5-6-17-35-22)26-15-14-23(19-27(26)38(42)43)36-28(39)25-9-4-3-8-24(25)20-10-12-21(13-11-20)31(32,33)34/h3-15,17,19H,2,16,18H2,1H3,(H,36,39). The first-order valence-electron chi connectivity index (χ1n) is 13.2. The summed E-state index contributed by atoms with van der Waals surface area (Å²) in [7, 11) is 0. The molecule has 0 fully saturated rings. The number of alkyl halides is 3. The molecule has 0 saturated carbocycles. The molecule has 0 aliphatic heterocycles. The number of amides is 2. The van der Waals surface area contributed by atoms with Gasteiger partial charge in [0, 0.05) is 42.2 Å². The summed E-state index contributed by atoms with van der Waals surface area (Å²) in [4.78, 5) is 55.1. The van der Waals surface area contributed by atoms with Gasteiger partial charge in [0.2, 0.25) is 0 Å². The molecule has 1 heterocycles. The van der Waals surface area contributed by atoms with Crippen LogP contribution in [0.4, 0.5) is 30.2 Å². The van der Waals surface area contributed by atoms with E-state index in [2.05, 4.69) is 10.3 Å². The summed E-state index contributed by atoms with van der Waals surface area (Å²) >= 11 is 0. The van der Waals surface area contributed by atoms with Gasteiger partial charge in [0.15, 0.2) is 0 Å². The van der Waals surface area contributed by atoms with Gasteiger partial charge < -0.3 is 10.1 Å². The number of rotatable bonds is 9. The molecule has 0 atom stereocenters. The molecular weight excluding hydrogens is 581 g/mol. The maximum atomic E-state index is 13.3. The van der Waals surface area contributed by atoms with Crippen molar-refractivity contribution in [3.05, 3.63) is 118 Å². The number of hydrogen-bond acceptors (Lipinski definition) is 7. The molecule has 0 aliphatic rings. The Morgan fingerprint density at radius 2 is 1.68 bits per heavy atom. The molecule has 13 heteroatoms. The van der Waals surface area contributed by atoms with Crippen molar-refractivity contribution in [2.75, 3.05) is 23.4 Å². The van der Waals surface area contributed by atoms with Gasteiger partial charge in [0.05, 0.1) is 17.1 Å². The molecule has 2 amide bonds. The number of pyridine rings is 1. The Labute approximate surface area is 249 Å². The fraction of sp³-hybridized carbons (Fsp3) is 0.161. The molecule has 0 unspecified atom stereocenters. The van der Waals surface area contributed by atoms with Crippen molar-refractivity contribution in [2.45, 2.75) is 19.5 Å². The normalized spacial score (nSPS) is 11.0. The Kier molecular flexibility index (Phi) is 9.68. The van der Waals surface area contributed by atoms with Crippen molar-refractivity contribution in [2.24, 2.45) is 0 Å². The lowest BCUT2D eigenvalue weighted by Gasteiger charge is -2.22. The molecule has 0 bridgehead atoms. The van der Waals surface area contributed by atoms with Crippen molar-refractivity contribution < 1.29 is 37.2 Å². The van der Waals surface area contributed by atoms with E-state index in [1.807, 2.05) is 0 Å². The number of carbonyl (C=O) groups excluding carboxylic acids is 3. The number of ether oxygens (including phenoxy) is 1. The van der Waals surface area contributed by atoms with E-state index in [0.29, 0.717) is 16.8 Å². The maximum Gasteiger partial charge on any atom is 0.416 e. The van der Waals surface area contributed by atoms with Gasteiger partial charge in [-0.05, 0) is 60.5 Å². The number of nitro benzene ring substituents is 1. The zero-order valence-electron chi connectivity index (χ0n) is 23.2. The van der Waals surface area contributed by atoms with Crippen LogP contribution in [0, 0.1) is 10.1 Å². The summed E-state index contributed by atoms with van der Waals surface area (Å²) in [5.41, 5.74) is -0.241. The van der Waals surface area contributed by atoms with Crippen molar-refractivity contribution in [3.63, 3.8) is 0 Å². The van der Waals surface area contributed by atoms with Gasteiger partial charge in [0.1, 0.15) is 5.69 Å². The van der Waals surface area contributed by atoms with Crippen LogP contribution in [0.3, 0.4) is 0 Å². The first-order chi connectivity index (χ1) is 21.0. The van der Waals surface area contributed by atoms with Crippen LogP contribution in [-0.2, 0) is 26.9 Å². The fourth-order valence-corrected chi connectivity index (χ4v) is 4.35. The van der Waals surface area contributed by atoms with E-state index in [0.717, 1.165) is 23.1 Å². The smallest absolute Gasteiger partial charge is 0.416 e. The number of nitro groups is 1. The number of nitrogens with zero attached hydrogens (tertiary/aromatic N) is 3. The van der Waals surface area contributed by atoms with Crippen LogP contribution in [0.1, 0.15) is 28.5 Å². The summed E-state index contributed by atoms with van der Waals surface area (Å²) in [6.07, 6.45) is -2.81. The predicted molar refractivity (Wildman–Crippen MR) is 155 cm³/mol. The van der Waals surface area contributed by atoms with Crippen molar-refractivity contribution in [3.8, 4) is 11.1 Å². The van der Waals surface area contributed by atoms with Crippen LogP contribution in [0.2, 0.25) is 0 Å². The lowest BCUT2D eigenvalue weighted by Crippen LogP contribution is -2.39. The zero-order chi connectivity index (χ0) is 31.9. The average Bonchev–Trinajstić information content (AvgIpc) is 3.01. The number of nitrogens with one attached hydrogen (secondary N) is 1. The van der Waals surface area contributed by atoms with Gasteiger partial charge in [-0.25, -0.2) is 4.79 Å².